The van der Waals surface area contributed by atoms with Crippen LogP contribution in [0.1, 0.15) is 52.9 Å². The van der Waals surface area contributed by atoms with Crippen LogP contribution in [-0.2, 0) is 4.79 Å². The fourth-order valence-electron chi connectivity index (χ4n) is 3.16. The van der Waals surface area contributed by atoms with Gasteiger partial charge in [0.25, 0.3) is 0 Å². The lowest BCUT2D eigenvalue weighted by Crippen LogP contribution is -2.56. The molecule has 1 aliphatic carbocycles. The van der Waals surface area contributed by atoms with Crippen LogP contribution in [-0.4, -0.2) is 42.0 Å². The summed E-state index contributed by atoms with van der Waals surface area (Å²) in [6.45, 7) is 9.41. The lowest BCUT2D eigenvalue weighted by atomic mass is 9.68. The Morgan fingerprint density at radius 3 is 2.26 bits per heavy atom. The van der Waals surface area contributed by atoms with Gasteiger partial charge in [0.2, 0.25) is 5.91 Å². The highest BCUT2D eigenvalue weighted by atomic mass is 16.2. The molecule has 1 amide bonds. The summed E-state index contributed by atoms with van der Waals surface area (Å²) in [5.74, 6) is 0.204. The molecule has 1 saturated carbocycles. The van der Waals surface area contributed by atoms with Crippen LogP contribution in [0.5, 0.6) is 0 Å². The maximum Gasteiger partial charge on any atom is 0.227 e. The fourth-order valence-corrected chi connectivity index (χ4v) is 3.16. The second-order valence-electron chi connectivity index (χ2n) is 7.24. The van der Waals surface area contributed by atoms with Gasteiger partial charge in [-0.1, -0.05) is 6.42 Å². The molecule has 4 heteroatoms. The van der Waals surface area contributed by atoms with Gasteiger partial charge >= 0.3 is 0 Å². The number of rotatable bonds is 3. The summed E-state index contributed by atoms with van der Waals surface area (Å²) in [6.07, 6.45) is 5.20. The Morgan fingerprint density at radius 1 is 1.32 bits per heavy atom. The number of carbonyl (C=O) groups is 1. The van der Waals surface area contributed by atoms with Crippen molar-refractivity contribution < 1.29 is 4.79 Å². The summed E-state index contributed by atoms with van der Waals surface area (Å²) in [6, 6.07) is 0.343. The molecule has 1 heterocycles. The highest BCUT2D eigenvalue weighted by Gasteiger charge is 2.43. The number of nitrogens with two attached hydrogens (primary N) is 1. The van der Waals surface area contributed by atoms with E-state index in [1.54, 1.807) is 0 Å². The van der Waals surface area contributed by atoms with E-state index in [2.05, 4.69) is 31.0 Å². The van der Waals surface area contributed by atoms with E-state index in [0.717, 1.165) is 45.2 Å². The summed E-state index contributed by atoms with van der Waals surface area (Å²) in [7, 11) is 0. The van der Waals surface area contributed by atoms with Gasteiger partial charge in [0.15, 0.2) is 0 Å². The largest absolute Gasteiger partial charge is 0.353 e. The van der Waals surface area contributed by atoms with E-state index in [9.17, 15) is 4.79 Å². The van der Waals surface area contributed by atoms with Gasteiger partial charge in [0.1, 0.15) is 0 Å². The first-order valence-corrected chi connectivity index (χ1v) is 7.63. The zero-order valence-corrected chi connectivity index (χ0v) is 12.7. The summed E-state index contributed by atoms with van der Waals surface area (Å²) in [5.41, 5.74) is 5.79. The number of nitrogens with zero attached hydrogens (tertiary/aromatic N) is 1. The third-order valence-electron chi connectivity index (χ3n) is 4.96. The molecule has 0 bridgehead atoms. The van der Waals surface area contributed by atoms with Crippen LogP contribution in [0, 0.1) is 5.41 Å². The third kappa shape index (κ3) is 3.11. The maximum absolute atomic E-state index is 12.3. The molecule has 2 aliphatic rings. The molecule has 0 unspecified atom stereocenters. The molecule has 0 aromatic rings. The van der Waals surface area contributed by atoms with E-state index in [4.69, 9.17) is 5.73 Å². The van der Waals surface area contributed by atoms with E-state index >= 15 is 0 Å². The van der Waals surface area contributed by atoms with Crippen molar-refractivity contribution in [2.45, 2.75) is 64.5 Å². The van der Waals surface area contributed by atoms with Crippen LogP contribution < -0.4 is 11.1 Å². The van der Waals surface area contributed by atoms with Crippen molar-refractivity contribution in [3.63, 3.8) is 0 Å². The van der Waals surface area contributed by atoms with E-state index in [-0.39, 0.29) is 16.9 Å². The molecule has 19 heavy (non-hydrogen) atoms. The molecule has 0 radical (unpaired) electrons. The van der Waals surface area contributed by atoms with Crippen LogP contribution in [0.25, 0.3) is 0 Å². The number of amides is 1. The molecule has 0 spiro atoms. The van der Waals surface area contributed by atoms with Crippen molar-refractivity contribution in [1.82, 2.24) is 10.2 Å². The Hall–Kier alpha value is -0.610. The summed E-state index contributed by atoms with van der Waals surface area (Å²) < 4.78 is 0. The Kier molecular flexibility index (Phi) is 4.21. The average Bonchev–Trinajstić information content (AvgIpc) is 2.27. The summed E-state index contributed by atoms with van der Waals surface area (Å²) >= 11 is 0. The van der Waals surface area contributed by atoms with E-state index < -0.39 is 0 Å². The van der Waals surface area contributed by atoms with E-state index in [1.807, 2.05) is 0 Å². The molecule has 1 saturated heterocycles. The standard InChI is InChI=1S/C15H29N3O/c1-14(2,3)18-9-5-12(6-10-18)17-13(19)15(11-16)7-4-8-15/h12H,4-11,16H2,1-3H3,(H,17,19). The number of carbonyl (C=O) groups excluding carboxylic acids is 1. The Morgan fingerprint density at radius 2 is 1.89 bits per heavy atom. The highest BCUT2D eigenvalue weighted by molar-refractivity contribution is 5.84. The first kappa shape index (κ1) is 14.8. The monoisotopic (exact) mass is 267 g/mol. The molecule has 0 aromatic carbocycles. The minimum atomic E-state index is -0.235. The lowest BCUT2D eigenvalue weighted by Gasteiger charge is -2.43. The minimum absolute atomic E-state index is 0.204. The molecule has 2 rings (SSSR count). The summed E-state index contributed by atoms with van der Waals surface area (Å²) in [4.78, 5) is 14.8. The van der Waals surface area contributed by atoms with Crippen LogP contribution in [0.3, 0.4) is 0 Å². The number of nitrogens with one attached hydrogen (secondary N) is 1. The van der Waals surface area contributed by atoms with Gasteiger partial charge < -0.3 is 11.1 Å². The van der Waals surface area contributed by atoms with Crippen LogP contribution in [0.2, 0.25) is 0 Å². The van der Waals surface area contributed by atoms with Crippen molar-refractivity contribution >= 4 is 5.91 Å². The van der Waals surface area contributed by atoms with Gasteiger partial charge in [-0.2, -0.15) is 0 Å². The van der Waals surface area contributed by atoms with E-state index in [1.165, 1.54) is 0 Å². The lowest BCUT2D eigenvalue weighted by molar-refractivity contribution is -0.136. The molecular formula is C15H29N3O. The van der Waals surface area contributed by atoms with E-state index in [0.29, 0.717) is 12.6 Å². The van der Waals surface area contributed by atoms with Crippen molar-refractivity contribution in [2.75, 3.05) is 19.6 Å². The number of likely N-dealkylation sites (tertiary alicyclic amines) is 1. The van der Waals surface area contributed by atoms with Gasteiger partial charge in [-0.15, -0.1) is 0 Å². The average molecular weight is 267 g/mol. The van der Waals surface area contributed by atoms with Crippen LogP contribution in [0.15, 0.2) is 0 Å². The normalized spacial score (nSPS) is 24.8. The molecule has 4 nitrogen and oxygen atoms in total. The Balaban J connectivity index is 1.81. The second kappa shape index (κ2) is 5.41. The predicted octanol–water partition coefficient (Wildman–Crippen LogP) is 1.49. The number of hydrogen-bond acceptors (Lipinski definition) is 3. The summed E-state index contributed by atoms with van der Waals surface area (Å²) in [5, 5.41) is 3.24. The number of hydrogen-bond donors (Lipinski definition) is 2. The highest BCUT2D eigenvalue weighted by Crippen LogP contribution is 2.40. The van der Waals surface area contributed by atoms with Crippen molar-refractivity contribution in [1.29, 1.82) is 0 Å². The maximum atomic E-state index is 12.3. The fraction of sp³-hybridized carbons (Fsp3) is 0.933. The van der Waals surface area contributed by atoms with Gasteiger partial charge in [-0.25, -0.2) is 0 Å². The van der Waals surface area contributed by atoms with Crippen molar-refractivity contribution in [3.05, 3.63) is 0 Å². The zero-order chi connectivity index (χ0) is 14.1. The minimum Gasteiger partial charge on any atom is -0.353 e. The van der Waals surface area contributed by atoms with Gasteiger partial charge in [-0.05, 0) is 46.5 Å². The third-order valence-corrected chi connectivity index (χ3v) is 4.96. The predicted molar refractivity (Wildman–Crippen MR) is 77.8 cm³/mol. The molecule has 1 aliphatic heterocycles. The molecular weight excluding hydrogens is 238 g/mol. The Bertz CT molecular complexity index is 317. The topological polar surface area (TPSA) is 58.4 Å². The Labute approximate surface area is 117 Å². The quantitative estimate of drug-likeness (QED) is 0.814. The number of piperidine rings is 1. The molecule has 0 atom stereocenters. The van der Waals surface area contributed by atoms with Crippen molar-refractivity contribution in [3.8, 4) is 0 Å². The van der Waals surface area contributed by atoms with Gasteiger partial charge in [0.05, 0.1) is 5.41 Å². The first-order chi connectivity index (χ1) is 8.87. The van der Waals surface area contributed by atoms with Gasteiger partial charge in [0, 0.05) is 31.2 Å². The van der Waals surface area contributed by atoms with Gasteiger partial charge in [-0.3, -0.25) is 9.69 Å². The van der Waals surface area contributed by atoms with Crippen molar-refractivity contribution in [2.24, 2.45) is 11.1 Å². The zero-order valence-electron chi connectivity index (χ0n) is 12.7. The second-order valence-corrected chi connectivity index (χ2v) is 7.24. The molecule has 110 valence electrons. The smallest absolute Gasteiger partial charge is 0.227 e. The molecule has 3 N–H and O–H groups in total. The SMILES string of the molecule is CC(C)(C)N1CCC(NC(=O)C2(CN)CCC2)CC1. The first-order valence-electron chi connectivity index (χ1n) is 7.63. The molecule has 0 aromatic heterocycles. The van der Waals surface area contributed by atoms with Crippen LogP contribution in [0.4, 0.5) is 0 Å². The molecule has 2 fully saturated rings. The van der Waals surface area contributed by atoms with Crippen LogP contribution >= 0.6 is 0 Å².